The van der Waals surface area contributed by atoms with Crippen molar-refractivity contribution in [1.29, 1.82) is 0 Å². The highest BCUT2D eigenvalue weighted by Gasteiger charge is 2.05. The fourth-order valence-electron chi connectivity index (χ4n) is 3.01. The van der Waals surface area contributed by atoms with Gasteiger partial charge in [0.15, 0.2) is 0 Å². The van der Waals surface area contributed by atoms with Crippen LogP contribution in [0.5, 0.6) is 5.75 Å². The van der Waals surface area contributed by atoms with Crippen LogP contribution in [0, 0.1) is 0 Å². The summed E-state index contributed by atoms with van der Waals surface area (Å²) in [6.07, 6.45) is 8.93. The largest absolute Gasteiger partial charge is 0.491 e. The molecule has 0 unspecified atom stereocenters. The van der Waals surface area contributed by atoms with Crippen LogP contribution < -0.4 is 27.9 Å². The number of nitrogens with zero attached hydrogens (tertiary/aromatic N) is 3. The van der Waals surface area contributed by atoms with Crippen molar-refractivity contribution in [2.45, 2.75) is 45.4 Å². The molecule has 9 heteroatoms. The maximum atomic E-state index is 6.13. The van der Waals surface area contributed by atoms with Crippen LogP contribution in [0.4, 0.5) is 0 Å². The zero-order valence-electron chi connectivity index (χ0n) is 19.9. The number of allylic oxidation sites excluding steroid dienone is 2. The van der Waals surface area contributed by atoms with E-state index in [0.717, 1.165) is 73.2 Å². The average molecular weight is 513 g/mol. The lowest BCUT2D eigenvalue weighted by molar-refractivity contribution is 0.260. The molecule has 0 saturated heterocycles. The minimum Gasteiger partial charge on any atom is -0.491 e. The third-order valence-corrected chi connectivity index (χ3v) is 5.40. The second-order valence-corrected chi connectivity index (χ2v) is 9.11. The van der Waals surface area contributed by atoms with Crippen molar-refractivity contribution in [1.82, 2.24) is 14.9 Å². The Balaban J connectivity index is 2.35. The Morgan fingerprint density at radius 2 is 1.56 bits per heavy atom. The lowest BCUT2D eigenvalue weighted by Crippen LogP contribution is -2.28. The van der Waals surface area contributed by atoms with E-state index in [4.69, 9.17) is 27.9 Å². The van der Waals surface area contributed by atoms with Gasteiger partial charge in [-0.1, -0.05) is 13.0 Å². The summed E-state index contributed by atoms with van der Waals surface area (Å²) < 4.78 is 6.75. The first kappa shape index (κ1) is 28.1. The van der Waals surface area contributed by atoms with Crippen molar-refractivity contribution in [3.63, 3.8) is 0 Å². The Morgan fingerprint density at radius 3 is 2.09 bits per heavy atom. The number of hydrogen-bond acceptors (Lipinski definition) is 8. The number of nitrogens with two attached hydrogens (primary N) is 4. The molecule has 0 heterocycles. The highest BCUT2D eigenvalue weighted by Crippen LogP contribution is 2.26. The maximum Gasteiger partial charge on any atom is 0.133 e. The molecule has 0 spiro atoms. The lowest BCUT2D eigenvalue weighted by atomic mass is 10.1. The van der Waals surface area contributed by atoms with Crippen LogP contribution >= 0.6 is 15.9 Å². The smallest absolute Gasteiger partial charge is 0.133 e. The summed E-state index contributed by atoms with van der Waals surface area (Å²) in [5, 5.41) is 3.29. The number of unbranched alkanes of at least 4 members (excludes halogenated alkanes) is 1. The number of benzene rings is 1. The quantitative estimate of drug-likeness (QED) is 0.152. The summed E-state index contributed by atoms with van der Waals surface area (Å²) in [4.78, 5) is 2.09. The van der Waals surface area contributed by atoms with Gasteiger partial charge in [0.1, 0.15) is 12.4 Å². The highest BCUT2D eigenvalue weighted by molar-refractivity contribution is 9.10. The third-order valence-electron chi connectivity index (χ3n) is 4.78. The van der Waals surface area contributed by atoms with Gasteiger partial charge in [-0.2, -0.15) is 0 Å². The summed E-state index contributed by atoms with van der Waals surface area (Å²) in [5.41, 5.74) is 14.9. The predicted octanol–water partition coefficient (Wildman–Crippen LogP) is 2.85. The average Bonchev–Trinajstić information content (AvgIpc) is 2.71. The molecule has 1 rings (SSSR count). The maximum absolute atomic E-state index is 6.13. The molecule has 8 nitrogen and oxygen atoms in total. The molecular weight excluding hydrogens is 470 g/mol. The van der Waals surface area contributed by atoms with E-state index in [1.807, 2.05) is 32.6 Å². The molecule has 0 fully saturated rings. The Bertz CT molecular complexity index is 724. The zero-order chi connectivity index (χ0) is 23.9. The van der Waals surface area contributed by atoms with Crippen LogP contribution in [0.25, 0.3) is 0 Å². The van der Waals surface area contributed by atoms with E-state index in [9.17, 15) is 0 Å². The van der Waals surface area contributed by atoms with Crippen molar-refractivity contribution >= 4 is 15.9 Å². The first-order valence-electron chi connectivity index (χ1n) is 11.2. The van der Waals surface area contributed by atoms with Crippen molar-refractivity contribution in [2.75, 3.05) is 40.3 Å². The van der Waals surface area contributed by atoms with Gasteiger partial charge in [-0.25, -0.2) is 11.7 Å². The highest BCUT2D eigenvalue weighted by atomic mass is 79.9. The van der Waals surface area contributed by atoms with Crippen molar-refractivity contribution < 1.29 is 4.74 Å². The standard InChI is InChI=1S/C23H42BrN7O/c1-4-12-30(27)17-20(25)7-5-6-8-21(26)18-31(28)13-11-19-9-10-23(22(24)16-19)32-15-14-29(2)3/h9-10,16-18H,4-8,11-15,25-28H2,1-3H3/b20-17-,21-18-. The third kappa shape index (κ3) is 12.8. The zero-order valence-corrected chi connectivity index (χ0v) is 21.5. The molecule has 0 aliphatic carbocycles. The first-order valence-corrected chi connectivity index (χ1v) is 12.0. The molecule has 182 valence electrons. The molecule has 1 aromatic carbocycles. The lowest BCUT2D eigenvalue weighted by Gasteiger charge is -2.16. The summed E-state index contributed by atoms with van der Waals surface area (Å²) in [6.45, 7) is 5.08. The molecule has 0 radical (unpaired) electrons. The topological polar surface area (TPSA) is 123 Å². The van der Waals surface area contributed by atoms with Crippen molar-refractivity contribution in [3.05, 3.63) is 52.0 Å². The number of rotatable bonds is 16. The Hall–Kier alpha value is -1.94. The van der Waals surface area contributed by atoms with Gasteiger partial charge >= 0.3 is 0 Å². The van der Waals surface area contributed by atoms with Gasteiger partial charge in [0.25, 0.3) is 0 Å². The summed E-state index contributed by atoms with van der Waals surface area (Å²) >= 11 is 3.59. The van der Waals surface area contributed by atoms with Gasteiger partial charge in [-0.15, -0.1) is 0 Å². The van der Waals surface area contributed by atoms with Gasteiger partial charge in [-0.3, -0.25) is 0 Å². The predicted molar refractivity (Wildman–Crippen MR) is 137 cm³/mol. The monoisotopic (exact) mass is 511 g/mol. The van der Waals surface area contributed by atoms with E-state index in [1.54, 1.807) is 10.0 Å². The van der Waals surface area contributed by atoms with Gasteiger partial charge < -0.3 is 31.1 Å². The van der Waals surface area contributed by atoms with E-state index >= 15 is 0 Å². The Labute approximate surface area is 202 Å². The molecule has 0 bridgehead atoms. The SMILES string of the molecule is CCCN(N)/C=C(\N)CCCC/C(N)=C/N(N)CCc1ccc(OCCN(C)C)c(Br)c1. The number of halogens is 1. The van der Waals surface area contributed by atoms with Gasteiger partial charge in [0.05, 0.1) is 4.47 Å². The molecule has 0 aliphatic heterocycles. The van der Waals surface area contributed by atoms with Crippen LogP contribution in [0.15, 0.2) is 46.5 Å². The minimum atomic E-state index is 0.652. The normalized spacial score (nSPS) is 12.3. The number of likely N-dealkylation sites (N-methyl/N-ethyl adjacent to an activating group) is 1. The van der Waals surface area contributed by atoms with Crippen molar-refractivity contribution in [3.8, 4) is 5.75 Å². The molecule has 0 aliphatic rings. The molecule has 0 atom stereocenters. The molecule has 0 amide bonds. The van der Waals surface area contributed by atoms with E-state index in [0.29, 0.717) is 13.2 Å². The van der Waals surface area contributed by atoms with E-state index in [2.05, 4.69) is 39.9 Å². The second kappa shape index (κ2) is 15.8. The van der Waals surface area contributed by atoms with E-state index in [-0.39, 0.29) is 0 Å². The van der Waals surface area contributed by atoms with Crippen LogP contribution in [0.3, 0.4) is 0 Å². The van der Waals surface area contributed by atoms with Gasteiger partial charge in [0.2, 0.25) is 0 Å². The van der Waals surface area contributed by atoms with Crippen molar-refractivity contribution in [2.24, 2.45) is 23.2 Å². The fraction of sp³-hybridized carbons (Fsp3) is 0.565. The first-order chi connectivity index (χ1) is 15.2. The molecular formula is C23H42BrN7O. The Kier molecular flexibility index (Phi) is 13.9. The number of ether oxygens (including phenoxy) is 1. The van der Waals surface area contributed by atoms with Crippen LogP contribution in [0.1, 0.15) is 44.6 Å². The van der Waals surface area contributed by atoms with E-state index < -0.39 is 0 Å². The Morgan fingerprint density at radius 1 is 0.969 bits per heavy atom. The van der Waals surface area contributed by atoms with Crippen LogP contribution in [0.2, 0.25) is 0 Å². The summed E-state index contributed by atoms with van der Waals surface area (Å²) in [6, 6.07) is 6.14. The minimum absolute atomic E-state index is 0.652. The van der Waals surface area contributed by atoms with Crippen LogP contribution in [-0.2, 0) is 6.42 Å². The fourth-order valence-corrected chi connectivity index (χ4v) is 3.55. The summed E-state index contributed by atoms with van der Waals surface area (Å²) in [7, 11) is 4.05. The second-order valence-electron chi connectivity index (χ2n) is 8.26. The molecule has 8 N–H and O–H groups in total. The molecule has 0 saturated carbocycles. The number of hydrogen-bond donors (Lipinski definition) is 4. The molecule has 32 heavy (non-hydrogen) atoms. The van der Waals surface area contributed by atoms with Crippen LogP contribution in [-0.4, -0.2) is 55.3 Å². The molecule has 1 aromatic rings. The van der Waals surface area contributed by atoms with Gasteiger partial charge in [-0.05, 0) is 86.2 Å². The van der Waals surface area contributed by atoms with Gasteiger partial charge in [0, 0.05) is 43.4 Å². The molecule has 0 aromatic heterocycles. The van der Waals surface area contributed by atoms with E-state index in [1.165, 1.54) is 5.56 Å². The number of hydrazine groups is 2. The summed E-state index contributed by atoms with van der Waals surface area (Å²) in [5.74, 6) is 12.8.